The number of rotatable bonds is 0. The second-order valence-corrected chi connectivity index (χ2v) is 3.60. The van der Waals surface area contributed by atoms with Crippen LogP contribution in [-0.2, 0) is 19.1 Å². The number of fused-ring (bicyclic) bond motifs is 6. The second-order valence-electron chi connectivity index (χ2n) is 3.60. The van der Waals surface area contributed by atoms with E-state index in [-0.39, 0.29) is 23.6 Å². The van der Waals surface area contributed by atoms with E-state index in [1.807, 2.05) is 0 Å². The highest BCUT2D eigenvalue weighted by atomic mass is 16.6. The fourth-order valence-electron chi connectivity index (χ4n) is 2.05. The van der Waals surface area contributed by atoms with Crippen molar-refractivity contribution >= 4 is 11.6 Å². The molecule has 0 aliphatic carbocycles. The van der Waals surface area contributed by atoms with Gasteiger partial charge in [-0.3, -0.25) is 9.59 Å². The monoisotopic (exact) mass is 192 g/mol. The zero-order valence-corrected chi connectivity index (χ0v) is 7.25. The van der Waals surface area contributed by atoms with Crippen LogP contribution >= 0.6 is 0 Å². The van der Waals surface area contributed by atoms with Gasteiger partial charge in [0.2, 0.25) is 0 Å². The zero-order valence-electron chi connectivity index (χ0n) is 7.25. The molecule has 3 rings (SSSR count). The van der Waals surface area contributed by atoms with Gasteiger partial charge in [-0.2, -0.15) is 0 Å². The Morgan fingerprint density at radius 3 is 2.86 bits per heavy atom. The number of ketones is 2. The number of hydrogen-bond donors (Lipinski definition) is 0. The Hall–Kier alpha value is -1.42. The third-order valence-electron chi connectivity index (χ3n) is 2.78. The van der Waals surface area contributed by atoms with E-state index >= 15 is 0 Å². The van der Waals surface area contributed by atoms with Crippen molar-refractivity contribution < 1.29 is 19.1 Å². The molecule has 1 fully saturated rings. The summed E-state index contributed by atoms with van der Waals surface area (Å²) < 4.78 is 10.5. The Labute approximate surface area is 80.2 Å². The van der Waals surface area contributed by atoms with Crippen LogP contribution < -0.4 is 0 Å². The van der Waals surface area contributed by atoms with E-state index < -0.39 is 12.2 Å². The van der Waals surface area contributed by atoms with Crippen LogP contribution in [0.15, 0.2) is 24.5 Å². The lowest BCUT2D eigenvalue weighted by atomic mass is 9.83. The van der Waals surface area contributed by atoms with Gasteiger partial charge in [0.1, 0.15) is 0 Å². The lowest BCUT2D eigenvalue weighted by Crippen LogP contribution is -2.57. The van der Waals surface area contributed by atoms with Crippen LogP contribution in [0.4, 0.5) is 0 Å². The maximum atomic E-state index is 11.7. The van der Waals surface area contributed by atoms with Crippen molar-refractivity contribution in [3.63, 3.8) is 0 Å². The van der Waals surface area contributed by atoms with Crippen LogP contribution in [-0.4, -0.2) is 29.9 Å². The molecule has 0 N–H and O–H groups in total. The Morgan fingerprint density at radius 2 is 2.00 bits per heavy atom. The predicted octanol–water partition coefficient (Wildman–Crippen LogP) is -0.00950. The molecule has 3 aliphatic rings. The number of carbonyl (C=O) groups excluding carboxylic acids is 2. The first-order valence-corrected chi connectivity index (χ1v) is 4.51. The highest BCUT2D eigenvalue weighted by Crippen LogP contribution is 2.32. The van der Waals surface area contributed by atoms with Crippen LogP contribution in [0.1, 0.15) is 0 Å². The Morgan fingerprint density at radius 1 is 1.14 bits per heavy atom. The average Bonchev–Trinajstić information content (AvgIpc) is 2.17. The van der Waals surface area contributed by atoms with Gasteiger partial charge in [0.05, 0.1) is 18.3 Å². The van der Waals surface area contributed by atoms with Gasteiger partial charge in [0.15, 0.2) is 23.8 Å². The van der Waals surface area contributed by atoms with Crippen LogP contribution in [0, 0.1) is 5.92 Å². The minimum absolute atomic E-state index is 0.0496. The first-order valence-electron chi connectivity index (χ1n) is 4.51. The molecule has 0 amide bonds. The quantitative estimate of drug-likeness (QED) is 0.541. The molecule has 0 aromatic heterocycles. The van der Waals surface area contributed by atoms with E-state index in [1.54, 1.807) is 12.2 Å². The summed E-state index contributed by atoms with van der Waals surface area (Å²) >= 11 is 0. The molecule has 4 nitrogen and oxygen atoms in total. The van der Waals surface area contributed by atoms with E-state index in [1.165, 1.54) is 12.3 Å². The fourth-order valence-corrected chi connectivity index (χ4v) is 2.05. The van der Waals surface area contributed by atoms with Gasteiger partial charge in [0.25, 0.3) is 0 Å². The van der Waals surface area contributed by atoms with Crippen molar-refractivity contribution in [2.45, 2.75) is 18.3 Å². The Kier molecular flexibility index (Phi) is 1.44. The molecule has 0 radical (unpaired) electrons. The van der Waals surface area contributed by atoms with E-state index in [4.69, 9.17) is 9.47 Å². The third-order valence-corrected chi connectivity index (χ3v) is 2.78. The molecule has 72 valence electrons. The summed E-state index contributed by atoms with van der Waals surface area (Å²) in [4.78, 5) is 23.1. The van der Waals surface area contributed by atoms with E-state index in [0.717, 1.165) is 0 Å². The van der Waals surface area contributed by atoms with Crippen molar-refractivity contribution in [1.29, 1.82) is 0 Å². The summed E-state index contributed by atoms with van der Waals surface area (Å²) in [7, 11) is 0. The fraction of sp³-hybridized carbons (Fsp3) is 0.400. The molecule has 2 unspecified atom stereocenters. The minimum Gasteiger partial charge on any atom is -0.487 e. The number of Topliss-reactive ketones (excluding diaryl/α,β-unsaturated/α-hetero) is 1. The maximum absolute atomic E-state index is 11.7. The molecule has 0 aromatic carbocycles. The van der Waals surface area contributed by atoms with E-state index in [0.29, 0.717) is 0 Å². The molecule has 0 spiro atoms. The van der Waals surface area contributed by atoms with Crippen LogP contribution in [0.3, 0.4) is 0 Å². The highest BCUT2D eigenvalue weighted by Gasteiger charge is 2.50. The van der Waals surface area contributed by atoms with Crippen molar-refractivity contribution in [3.8, 4) is 0 Å². The molecule has 1 saturated heterocycles. The summed E-state index contributed by atoms with van der Waals surface area (Å²) in [5, 5.41) is 0. The standard InChI is InChI=1S/C10H8O4/c11-6-1-2-7-5-3-4-13-10(8(5)12)9(6)14-7/h1-5,7,9-10H/t5?,7?,9-,10-/m0/s1. The van der Waals surface area contributed by atoms with Crippen molar-refractivity contribution in [2.24, 2.45) is 5.92 Å². The molecule has 0 aromatic rings. The van der Waals surface area contributed by atoms with Gasteiger partial charge >= 0.3 is 0 Å². The van der Waals surface area contributed by atoms with Gasteiger partial charge in [-0.1, -0.05) is 6.08 Å². The van der Waals surface area contributed by atoms with E-state index in [2.05, 4.69) is 0 Å². The van der Waals surface area contributed by atoms with Gasteiger partial charge in [-0.25, -0.2) is 0 Å². The number of ether oxygens (including phenoxy) is 2. The number of hydrogen-bond acceptors (Lipinski definition) is 4. The largest absolute Gasteiger partial charge is 0.487 e. The van der Waals surface area contributed by atoms with Crippen molar-refractivity contribution in [3.05, 3.63) is 24.5 Å². The Balaban J connectivity index is 2.10. The maximum Gasteiger partial charge on any atom is 0.190 e. The van der Waals surface area contributed by atoms with Crippen LogP contribution in [0.5, 0.6) is 0 Å². The summed E-state index contributed by atoms with van der Waals surface area (Å²) in [6.07, 6.45) is 4.53. The SMILES string of the molecule is O=C1C=CC2O[C@@H]1[C@H]1OC=CC2C1=O. The normalized spacial score (nSPS) is 43.7. The van der Waals surface area contributed by atoms with Crippen LogP contribution in [0.25, 0.3) is 0 Å². The molecule has 3 heterocycles. The molecule has 0 saturated carbocycles. The first-order chi connectivity index (χ1) is 6.77. The third kappa shape index (κ3) is 0.861. The topological polar surface area (TPSA) is 52.6 Å². The average molecular weight is 192 g/mol. The zero-order chi connectivity index (χ0) is 9.71. The summed E-state index contributed by atoms with van der Waals surface area (Å²) in [5.74, 6) is -0.519. The molecule has 14 heavy (non-hydrogen) atoms. The molecule has 3 aliphatic heterocycles. The summed E-state index contributed by atoms with van der Waals surface area (Å²) in [6, 6.07) is 0. The smallest absolute Gasteiger partial charge is 0.190 e. The molecule has 4 atom stereocenters. The van der Waals surface area contributed by atoms with E-state index in [9.17, 15) is 9.59 Å². The lowest BCUT2D eigenvalue weighted by Gasteiger charge is -2.40. The van der Waals surface area contributed by atoms with Gasteiger partial charge in [-0.05, 0) is 12.2 Å². The molecule has 4 heteroatoms. The first kappa shape index (κ1) is 7.94. The van der Waals surface area contributed by atoms with Gasteiger partial charge < -0.3 is 9.47 Å². The molecular weight excluding hydrogens is 184 g/mol. The Bertz CT molecular complexity index is 368. The van der Waals surface area contributed by atoms with Gasteiger partial charge in [0, 0.05) is 0 Å². The van der Waals surface area contributed by atoms with Crippen LogP contribution in [0.2, 0.25) is 0 Å². The highest BCUT2D eigenvalue weighted by molar-refractivity contribution is 6.02. The predicted molar refractivity (Wildman–Crippen MR) is 45.3 cm³/mol. The van der Waals surface area contributed by atoms with Gasteiger partial charge in [-0.15, -0.1) is 0 Å². The van der Waals surface area contributed by atoms with Crippen molar-refractivity contribution in [2.75, 3.05) is 0 Å². The second kappa shape index (κ2) is 2.54. The molecular formula is C10H8O4. The summed E-state index contributed by atoms with van der Waals surface area (Å²) in [6.45, 7) is 0. The number of carbonyl (C=O) groups is 2. The minimum atomic E-state index is -0.737. The summed E-state index contributed by atoms with van der Waals surface area (Å²) in [5.41, 5.74) is 0. The lowest BCUT2D eigenvalue weighted by molar-refractivity contribution is -0.172. The molecule has 4 bridgehead atoms. The van der Waals surface area contributed by atoms with Crippen molar-refractivity contribution in [1.82, 2.24) is 0 Å².